The second-order valence-electron chi connectivity index (χ2n) is 7.19. The maximum atomic E-state index is 14.1. The van der Waals surface area contributed by atoms with E-state index in [1.54, 1.807) is 0 Å². The lowest BCUT2D eigenvalue weighted by Crippen LogP contribution is -2.42. The molecule has 0 unspecified atom stereocenters. The van der Waals surface area contributed by atoms with Gasteiger partial charge in [0.05, 0.1) is 10.5 Å². The summed E-state index contributed by atoms with van der Waals surface area (Å²) < 4.78 is 41.3. The van der Waals surface area contributed by atoms with Gasteiger partial charge in [-0.15, -0.1) is 0 Å². The maximum absolute atomic E-state index is 14.1. The predicted octanol–water partition coefficient (Wildman–Crippen LogP) is 3.02. The van der Waals surface area contributed by atoms with Gasteiger partial charge in [-0.3, -0.25) is 4.79 Å². The zero-order chi connectivity index (χ0) is 18.8. The van der Waals surface area contributed by atoms with Crippen molar-refractivity contribution < 1.29 is 17.6 Å². The Morgan fingerprint density at radius 1 is 1.32 bits per heavy atom. The predicted molar refractivity (Wildman–Crippen MR) is 95.3 cm³/mol. The highest BCUT2D eigenvalue weighted by atomic mass is 32.2. The summed E-state index contributed by atoms with van der Waals surface area (Å²) in [7, 11) is -3.75. The summed E-state index contributed by atoms with van der Waals surface area (Å²) in [5.41, 5.74) is -0.237. The summed E-state index contributed by atoms with van der Waals surface area (Å²) in [6.45, 7) is 8.65. The van der Waals surface area contributed by atoms with Crippen LogP contribution < -0.4 is 5.32 Å². The van der Waals surface area contributed by atoms with Gasteiger partial charge in [-0.05, 0) is 49.8 Å². The van der Waals surface area contributed by atoms with Crippen LogP contribution in [0.3, 0.4) is 0 Å². The Labute approximate surface area is 149 Å². The van der Waals surface area contributed by atoms with Gasteiger partial charge >= 0.3 is 0 Å². The fraction of sp³-hybridized carbons (Fsp3) is 0.611. The molecule has 3 atom stereocenters. The number of rotatable bonds is 5. The van der Waals surface area contributed by atoms with Gasteiger partial charge in [-0.1, -0.05) is 20.8 Å². The molecule has 1 N–H and O–H groups in total. The summed E-state index contributed by atoms with van der Waals surface area (Å²) in [4.78, 5) is 12.2. The Hall–Kier alpha value is -1.47. The van der Waals surface area contributed by atoms with E-state index in [9.17, 15) is 17.6 Å². The van der Waals surface area contributed by atoms with Crippen LogP contribution in [0, 0.1) is 17.7 Å². The first-order chi connectivity index (χ1) is 11.6. The number of carbonyl (C=O) groups is 1. The van der Waals surface area contributed by atoms with E-state index < -0.39 is 21.7 Å². The number of benzene rings is 1. The van der Waals surface area contributed by atoms with Gasteiger partial charge in [0, 0.05) is 19.1 Å². The van der Waals surface area contributed by atoms with Crippen molar-refractivity contribution in [2.24, 2.45) is 11.8 Å². The lowest BCUT2D eigenvalue weighted by molar-refractivity contribution is 0.0935. The van der Waals surface area contributed by atoms with E-state index >= 15 is 0 Å². The minimum atomic E-state index is -3.75. The number of amides is 1. The molecule has 2 rings (SSSR count). The van der Waals surface area contributed by atoms with Crippen LogP contribution in [0.15, 0.2) is 23.1 Å². The van der Waals surface area contributed by atoms with Crippen molar-refractivity contribution in [3.05, 3.63) is 29.6 Å². The third kappa shape index (κ3) is 4.58. The molecule has 0 aromatic heterocycles. The van der Waals surface area contributed by atoms with Crippen LogP contribution >= 0.6 is 0 Å². The number of piperidine rings is 1. The van der Waals surface area contributed by atoms with Gasteiger partial charge < -0.3 is 5.32 Å². The zero-order valence-electron chi connectivity index (χ0n) is 15.3. The first-order valence-corrected chi connectivity index (χ1v) is 10.2. The molecule has 25 heavy (non-hydrogen) atoms. The molecule has 1 amide bonds. The van der Waals surface area contributed by atoms with Crippen LogP contribution in [0.2, 0.25) is 0 Å². The van der Waals surface area contributed by atoms with Gasteiger partial charge in [0.1, 0.15) is 5.82 Å². The third-order valence-corrected chi connectivity index (χ3v) is 6.47. The highest BCUT2D eigenvalue weighted by molar-refractivity contribution is 7.89. The first-order valence-electron chi connectivity index (χ1n) is 8.75. The van der Waals surface area contributed by atoms with Crippen LogP contribution in [0.1, 0.15) is 50.9 Å². The van der Waals surface area contributed by atoms with Gasteiger partial charge in [0.15, 0.2) is 0 Å². The molecule has 1 aromatic carbocycles. The van der Waals surface area contributed by atoms with E-state index in [0.717, 1.165) is 18.6 Å². The number of hydrogen-bond acceptors (Lipinski definition) is 3. The molecule has 7 heteroatoms. The molecule has 0 aliphatic carbocycles. The summed E-state index contributed by atoms with van der Waals surface area (Å²) in [5.74, 6) is -0.774. The highest BCUT2D eigenvalue weighted by Gasteiger charge is 2.32. The number of nitrogens with zero attached hydrogens (tertiary/aromatic N) is 1. The van der Waals surface area contributed by atoms with Crippen molar-refractivity contribution >= 4 is 15.9 Å². The Bertz CT molecular complexity index is 726. The summed E-state index contributed by atoms with van der Waals surface area (Å²) in [6, 6.07) is 3.31. The van der Waals surface area contributed by atoms with Gasteiger partial charge in [-0.25, -0.2) is 12.8 Å². The summed E-state index contributed by atoms with van der Waals surface area (Å²) in [5, 5.41) is 2.67. The zero-order valence-corrected chi connectivity index (χ0v) is 16.1. The first kappa shape index (κ1) is 19.8. The van der Waals surface area contributed by atoms with Crippen molar-refractivity contribution in [2.75, 3.05) is 13.1 Å². The van der Waals surface area contributed by atoms with E-state index in [-0.39, 0.29) is 28.3 Å². The van der Waals surface area contributed by atoms with Crippen LogP contribution in [0.5, 0.6) is 0 Å². The largest absolute Gasteiger partial charge is 0.350 e. The second-order valence-corrected chi connectivity index (χ2v) is 9.13. The van der Waals surface area contributed by atoms with Crippen LogP contribution in [0.4, 0.5) is 4.39 Å². The van der Waals surface area contributed by atoms with Crippen molar-refractivity contribution in [3.63, 3.8) is 0 Å². The smallest absolute Gasteiger partial charge is 0.254 e. The third-order valence-electron chi connectivity index (χ3n) is 4.65. The quantitative estimate of drug-likeness (QED) is 0.866. The number of halogens is 1. The second kappa shape index (κ2) is 7.83. The van der Waals surface area contributed by atoms with E-state index in [2.05, 4.69) is 5.32 Å². The van der Waals surface area contributed by atoms with Crippen molar-refractivity contribution in [3.8, 4) is 0 Å². The standard InChI is InChI=1S/C18H27FN2O3S/c1-5-14(4)20-18(22)16-9-15(6-7-17(16)19)25(23,24)21-10-12(2)8-13(3)11-21/h6-7,9,12-14H,5,8,10-11H2,1-4H3,(H,20,22)/t12-,13+,14-/m1/s1. The molecule has 0 saturated carbocycles. The van der Waals surface area contributed by atoms with Crippen LogP contribution in [0.25, 0.3) is 0 Å². The lowest BCUT2D eigenvalue weighted by Gasteiger charge is -2.34. The Morgan fingerprint density at radius 3 is 2.48 bits per heavy atom. The van der Waals surface area contributed by atoms with Crippen molar-refractivity contribution in [2.45, 2.75) is 51.5 Å². The average Bonchev–Trinajstić information content (AvgIpc) is 2.53. The van der Waals surface area contributed by atoms with E-state index in [4.69, 9.17) is 0 Å². The molecule has 0 spiro atoms. The average molecular weight is 370 g/mol. The molecule has 0 radical (unpaired) electrons. The van der Waals surface area contributed by atoms with Gasteiger partial charge in [0.25, 0.3) is 5.91 Å². The molecule has 5 nitrogen and oxygen atoms in total. The van der Waals surface area contributed by atoms with Gasteiger partial charge in [0.2, 0.25) is 10.0 Å². The van der Waals surface area contributed by atoms with Gasteiger partial charge in [-0.2, -0.15) is 4.31 Å². The number of sulfonamides is 1. The molecule has 1 aromatic rings. The molecule has 0 bridgehead atoms. The molecule has 140 valence electrons. The summed E-state index contributed by atoms with van der Waals surface area (Å²) >= 11 is 0. The number of carbonyl (C=O) groups excluding carboxylic acids is 1. The van der Waals surface area contributed by atoms with Crippen LogP contribution in [-0.4, -0.2) is 37.8 Å². The monoisotopic (exact) mass is 370 g/mol. The number of hydrogen-bond donors (Lipinski definition) is 1. The fourth-order valence-electron chi connectivity index (χ4n) is 3.19. The lowest BCUT2D eigenvalue weighted by atomic mass is 9.94. The molecular formula is C18H27FN2O3S. The highest BCUT2D eigenvalue weighted by Crippen LogP contribution is 2.27. The Kier molecular flexibility index (Phi) is 6.21. The number of nitrogens with one attached hydrogen (secondary N) is 1. The molecule has 1 fully saturated rings. The molecule has 1 heterocycles. The minimum Gasteiger partial charge on any atom is -0.350 e. The van der Waals surface area contributed by atoms with E-state index in [0.29, 0.717) is 19.5 Å². The fourth-order valence-corrected chi connectivity index (χ4v) is 4.90. The van der Waals surface area contributed by atoms with E-state index in [1.807, 2.05) is 27.7 Å². The van der Waals surface area contributed by atoms with Crippen LogP contribution in [-0.2, 0) is 10.0 Å². The molecular weight excluding hydrogens is 343 g/mol. The van der Waals surface area contributed by atoms with E-state index in [1.165, 1.54) is 10.4 Å². The topological polar surface area (TPSA) is 66.5 Å². The molecule has 1 aliphatic rings. The molecule has 1 saturated heterocycles. The SMILES string of the molecule is CC[C@@H](C)NC(=O)c1cc(S(=O)(=O)N2C[C@H](C)C[C@H](C)C2)ccc1F. The Balaban J connectivity index is 2.33. The van der Waals surface area contributed by atoms with Crippen molar-refractivity contribution in [1.82, 2.24) is 9.62 Å². The normalized spacial score (nSPS) is 23.2. The van der Waals surface area contributed by atoms with Crippen molar-refractivity contribution in [1.29, 1.82) is 0 Å². The minimum absolute atomic E-state index is 0.0375. The molecule has 1 aliphatic heterocycles. The summed E-state index contributed by atoms with van der Waals surface area (Å²) in [6.07, 6.45) is 1.69. The Morgan fingerprint density at radius 2 is 1.92 bits per heavy atom. The maximum Gasteiger partial charge on any atom is 0.254 e.